The molecule has 0 unspecified atom stereocenters. The van der Waals surface area contributed by atoms with Gasteiger partial charge < -0.3 is 21.4 Å². The first kappa shape index (κ1) is 20.5. The van der Waals surface area contributed by atoms with E-state index in [4.69, 9.17) is 10.7 Å². The molecule has 0 aliphatic heterocycles. The van der Waals surface area contributed by atoms with E-state index in [1.807, 2.05) is 30.6 Å². The molecule has 164 valence electrons. The first-order chi connectivity index (χ1) is 15.7. The summed E-state index contributed by atoms with van der Waals surface area (Å²) in [7, 11) is 0. The van der Waals surface area contributed by atoms with Gasteiger partial charge in [-0.3, -0.25) is 0 Å². The number of nitrogens with one attached hydrogen (secondary N) is 3. The number of fused-ring (bicyclic) bond motifs is 1. The maximum atomic E-state index is 5.79. The van der Waals surface area contributed by atoms with Gasteiger partial charge >= 0.3 is 0 Å². The number of rotatable bonds is 6. The molecular weight excluding hydrogens is 396 g/mol. The lowest BCUT2D eigenvalue weighted by molar-refractivity contribution is 0.350. The maximum Gasteiger partial charge on any atom is 0.223 e. The van der Waals surface area contributed by atoms with Gasteiger partial charge in [-0.2, -0.15) is 0 Å². The van der Waals surface area contributed by atoms with Crippen LogP contribution < -0.4 is 16.4 Å². The molecular formula is C26H30N6. The number of aromatic nitrogens is 3. The second kappa shape index (κ2) is 9.01. The van der Waals surface area contributed by atoms with Crippen molar-refractivity contribution in [1.29, 1.82) is 0 Å². The molecule has 1 fully saturated rings. The van der Waals surface area contributed by atoms with E-state index in [-0.39, 0.29) is 0 Å². The van der Waals surface area contributed by atoms with Crippen LogP contribution in [0.3, 0.4) is 0 Å². The SMILES string of the molecule is Cc1cnc(N[C@@H]2CCC[C@H](NCc3ccc(N)cc3)C2)nc1-c1c[nH]c2ccccc12. The summed E-state index contributed by atoms with van der Waals surface area (Å²) in [5, 5.41) is 8.50. The predicted octanol–water partition coefficient (Wildman–Crippen LogP) is 5.03. The molecule has 5 rings (SSSR count). The van der Waals surface area contributed by atoms with Gasteiger partial charge in [0, 0.05) is 53.2 Å². The molecule has 32 heavy (non-hydrogen) atoms. The van der Waals surface area contributed by atoms with Crippen LogP contribution >= 0.6 is 0 Å². The van der Waals surface area contributed by atoms with Crippen LogP contribution in [0.15, 0.2) is 60.9 Å². The highest BCUT2D eigenvalue weighted by Gasteiger charge is 2.22. The van der Waals surface area contributed by atoms with E-state index in [2.05, 4.69) is 57.9 Å². The Morgan fingerprint density at radius 1 is 1.06 bits per heavy atom. The normalized spacial score (nSPS) is 18.7. The lowest BCUT2D eigenvalue weighted by atomic mass is 9.91. The van der Waals surface area contributed by atoms with Crippen LogP contribution in [0, 0.1) is 6.92 Å². The van der Waals surface area contributed by atoms with Gasteiger partial charge in [0.1, 0.15) is 0 Å². The van der Waals surface area contributed by atoms with Crippen LogP contribution in [0.1, 0.15) is 36.8 Å². The number of para-hydroxylation sites is 1. The van der Waals surface area contributed by atoms with Gasteiger partial charge in [0.2, 0.25) is 5.95 Å². The Hall–Kier alpha value is -3.38. The molecule has 0 amide bonds. The second-order valence-electron chi connectivity index (χ2n) is 8.80. The number of nitrogens with zero attached hydrogens (tertiary/aromatic N) is 2. The summed E-state index contributed by atoms with van der Waals surface area (Å²) in [6.07, 6.45) is 8.56. The fourth-order valence-corrected chi connectivity index (χ4v) is 4.64. The van der Waals surface area contributed by atoms with Gasteiger partial charge in [0.05, 0.1) is 5.69 Å². The van der Waals surface area contributed by atoms with Crippen molar-refractivity contribution < 1.29 is 0 Å². The van der Waals surface area contributed by atoms with E-state index in [0.29, 0.717) is 18.0 Å². The number of hydrogen-bond acceptors (Lipinski definition) is 5. The zero-order chi connectivity index (χ0) is 21.9. The highest BCUT2D eigenvalue weighted by molar-refractivity contribution is 5.95. The Bertz CT molecular complexity index is 1200. The average molecular weight is 427 g/mol. The molecule has 5 N–H and O–H groups in total. The summed E-state index contributed by atoms with van der Waals surface area (Å²) in [5.74, 6) is 0.708. The molecule has 4 aromatic rings. The lowest BCUT2D eigenvalue weighted by Gasteiger charge is -2.30. The van der Waals surface area contributed by atoms with Gasteiger partial charge in [-0.25, -0.2) is 9.97 Å². The third kappa shape index (κ3) is 4.46. The van der Waals surface area contributed by atoms with Gasteiger partial charge in [0.25, 0.3) is 0 Å². The van der Waals surface area contributed by atoms with E-state index in [1.54, 1.807) is 0 Å². The van der Waals surface area contributed by atoms with Gasteiger partial charge in [0.15, 0.2) is 0 Å². The van der Waals surface area contributed by atoms with Gasteiger partial charge in [-0.05, 0) is 61.9 Å². The largest absolute Gasteiger partial charge is 0.399 e. The maximum absolute atomic E-state index is 5.79. The Kier molecular flexibility index (Phi) is 5.77. The number of H-pyrrole nitrogens is 1. The highest BCUT2D eigenvalue weighted by atomic mass is 15.1. The molecule has 2 atom stereocenters. The van der Waals surface area contributed by atoms with E-state index in [0.717, 1.165) is 47.4 Å². The monoisotopic (exact) mass is 426 g/mol. The average Bonchev–Trinajstić information content (AvgIpc) is 3.24. The minimum absolute atomic E-state index is 0.367. The summed E-state index contributed by atoms with van der Waals surface area (Å²) >= 11 is 0. The number of aryl methyl sites for hydroxylation is 1. The smallest absolute Gasteiger partial charge is 0.223 e. The van der Waals surface area contributed by atoms with Crippen molar-refractivity contribution >= 4 is 22.5 Å². The summed E-state index contributed by atoms with van der Waals surface area (Å²) in [4.78, 5) is 12.9. The summed E-state index contributed by atoms with van der Waals surface area (Å²) in [5.41, 5.74) is 12.2. The standard InChI is InChI=1S/C26H30N6/c1-17-14-30-26(32-25(17)23-16-29-24-8-3-2-7-22(23)24)31-21-6-4-5-20(13-21)28-15-18-9-11-19(27)12-10-18/h2-3,7-12,14,16,20-21,28-29H,4-6,13,15,27H2,1H3,(H,30,31,32)/t20-,21+/m0/s1. The van der Waals surface area contributed by atoms with Crippen LogP contribution in [0.4, 0.5) is 11.6 Å². The van der Waals surface area contributed by atoms with Crippen molar-refractivity contribution in [3.8, 4) is 11.3 Å². The first-order valence-electron chi connectivity index (χ1n) is 11.4. The molecule has 2 heterocycles. The summed E-state index contributed by atoms with van der Waals surface area (Å²) in [6, 6.07) is 17.3. The molecule has 1 aliphatic rings. The van der Waals surface area contributed by atoms with Crippen molar-refractivity contribution in [2.75, 3.05) is 11.1 Å². The van der Waals surface area contributed by atoms with Crippen LogP contribution in [0.5, 0.6) is 0 Å². The van der Waals surface area contributed by atoms with Crippen LogP contribution in [-0.2, 0) is 6.54 Å². The van der Waals surface area contributed by atoms with E-state index >= 15 is 0 Å². The quantitative estimate of drug-likeness (QED) is 0.325. The van der Waals surface area contributed by atoms with Gasteiger partial charge in [-0.15, -0.1) is 0 Å². The molecule has 2 aromatic carbocycles. The van der Waals surface area contributed by atoms with Crippen molar-refractivity contribution in [3.05, 3.63) is 72.1 Å². The zero-order valence-electron chi connectivity index (χ0n) is 18.4. The van der Waals surface area contributed by atoms with Crippen molar-refractivity contribution in [2.24, 2.45) is 0 Å². The molecule has 0 saturated heterocycles. The summed E-state index contributed by atoms with van der Waals surface area (Å²) < 4.78 is 0. The minimum atomic E-state index is 0.367. The van der Waals surface area contributed by atoms with Crippen molar-refractivity contribution in [1.82, 2.24) is 20.3 Å². The Balaban J connectivity index is 1.26. The van der Waals surface area contributed by atoms with Gasteiger partial charge in [-0.1, -0.05) is 30.3 Å². The van der Waals surface area contributed by atoms with Crippen LogP contribution in [-0.4, -0.2) is 27.0 Å². The number of nitrogen functional groups attached to an aromatic ring is 1. The first-order valence-corrected chi connectivity index (χ1v) is 11.4. The van der Waals surface area contributed by atoms with E-state index in [9.17, 15) is 0 Å². The highest BCUT2D eigenvalue weighted by Crippen LogP contribution is 2.30. The third-order valence-corrected chi connectivity index (χ3v) is 6.40. The topological polar surface area (TPSA) is 91.7 Å². The molecule has 2 aromatic heterocycles. The van der Waals surface area contributed by atoms with E-state index < -0.39 is 0 Å². The molecule has 0 spiro atoms. The van der Waals surface area contributed by atoms with Crippen LogP contribution in [0.25, 0.3) is 22.2 Å². The summed E-state index contributed by atoms with van der Waals surface area (Å²) in [6.45, 7) is 2.93. The molecule has 1 saturated carbocycles. The number of anilines is 2. The number of hydrogen-bond donors (Lipinski definition) is 4. The third-order valence-electron chi connectivity index (χ3n) is 6.40. The number of nitrogens with two attached hydrogens (primary N) is 1. The minimum Gasteiger partial charge on any atom is -0.399 e. The number of benzene rings is 2. The van der Waals surface area contributed by atoms with E-state index in [1.165, 1.54) is 23.8 Å². The Labute approximate surface area is 188 Å². The molecule has 0 bridgehead atoms. The molecule has 1 aliphatic carbocycles. The van der Waals surface area contributed by atoms with Crippen LogP contribution in [0.2, 0.25) is 0 Å². The molecule has 0 radical (unpaired) electrons. The fourth-order valence-electron chi connectivity index (χ4n) is 4.64. The van der Waals surface area contributed by atoms with Crippen molar-refractivity contribution in [3.63, 3.8) is 0 Å². The Morgan fingerprint density at radius 2 is 1.88 bits per heavy atom. The lowest BCUT2D eigenvalue weighted by Crippen LogP contribution is -2.38. The predicted molar refractivity (Wildman–Crippen MR) is 131 cm³/mol. The number of aromatic amines is 1. The molecule has 6 heteroatoms. The van der Waals surface area contributed by atoms with Crippen molar-refractivity contribution in [2.45, 2.75) is 51.2 Å². The Morgan fingerprint density at radius 3 is 2.75 bits per heavy atom. The zero-order valence-corrected chi connectivity index (χ0v) is 18.4. The molecule has 6 nitrogen and oxygen atoms in total. The fraction of sp³-hybridized carbons (Fsp3) is 0.308. The second-order valence-corrected chi connectivity index (χ2v) is 8.80.